The van der Waals surface area contributed by atoms with E-state index in [0.29, 0.717) is 0 Å². The average molecular weight is 447 g/mol. The molecule has 184 valence electrons. The van der Waals surface area contributed by atoms with E-state index in [2.05, 4.69) is 12.2 Å². The van der Waals surface area contributed by atoms with Crippen molar-refractivity contribution in [2.75, 3.05) is 11.9 Å². The number of rotatable bonds is 23. The van der Waals surface area contributed by atoms with Crippen molar-refractivity contribution in [1.82, 2.24) is 0 Å². The normalized spacial score (nSPS) is 11.0. The highest BCUT2D eigenvalue weighted by Crippen LogP contribution is 2.16. The van der Waals surface area contributed by atoms with Gasteiger partial charge in [-0.05, 0) is 18.6 Å². The third kappa shape index (κ3) is 17.0. The Bertz CT molecular complexity index is 545. The van der Waals surface area contributed by atoms with Crippen LogP contribution in [0.3, 0.4) is 0 Å². The lowest BCUT2D eigenvalue weighted by Gasteiger charge is -2.06. The van der Waals surface area contributed by atoms with Crippen LogP contribution in [-0.2, 0) is 0 Å². The van der Waals surface area contributed by atoms with Gasteiger partial charge in [0.05, 0.1) is 4.92 Å². The summed E-state index contributed by atoms with van der Waals surface area (Å²) >= 11 is 0. The molecule has 1 aromatic carbocycles. The average Bonchev–Trinajstić information content (AvgIpc) is 2.80. The van der Waals surface area contributed by atoms with Crippen molar-refractivity contribution in [3.63, 3.8) is 0 Å². The minimum Gasteiger partial charge on any atom is -0.385 e. The number of benzene rings is 1. The zero-order valence-electron chi connectivity index (χ0n) is 20.9. The number of anilines is 1. The molecular formula is C28H50N2O2. The maximum Gasteiger partial charge on any atom is 0.269 e. The molecule has 0 saturated heterocycles. The highest BCUT2D eigenvalue weighted by Gasteiger charge is 2.03. The Morgan fingerprint density at radius 2 is 0.938 bits per heavy atom. The molecule has 1 rings (SSSR count). The molecule has 0 aliphatic carbocycles. The van der Waals surface area contributed by atoms with E-state index in [0.717, 1.165) is 18.7 Å². The van der Waals surface area contributed by atoms with Gasteiger partial charge in [-0.15, -0.1) is 0 Å². The van der Waals surface area contributed by atoms with Gasteiger partial charge in [-0.3, -0.25) is 10.1 Å². The number of nitro groups is 1. The van der Waals surface area contributed by atoms with E-state index in [1.807, 2.05) is 0 Å². The summed E-state index contributed by atoms with van der Waals surface area (Å²) in [7, 11) is 0. The molecule has 1 N–H and O–H groups in total. The third-order valence-corrected chi connectivity index (χ3v) is 6.44. The lowest BCUT2D eigenvalue weighted by Crippen LogP contribution is -2.01. The Morgan fingerprint density at radius 1 is 0.594 bits per heavy atom. The van der Waals surface area contributed by atoms with E-state index in [9.17, 15) is 10.1 Å². The molecule has 0 atom stereocenters. The van der Waals surface area contributed by atoms with Crippen LogP contribution in [0.2, 0.25) is 0 Å². The molecule has 0 saturated carbocycles. The van der Waals surface area contributed by atoms with Crippen LogP contribution in [0, 0.1) is 10.1 Å². The lowest BCUT2D eigenvalue weighted by molar-refractivity contribution is -0.384. The van der Waals surface area contributed by atoms with Crippen molar-refractivity contribution in [3.8, 4) is 0 Å². The van der Waals surface area contributed by atoms with E-state index in [4.69, 9.17) is 0 Å². The second-order valence-electron chi connectivity index (χ2n) is 9.45. The van der Waals surface area contributed by atoms with Gasteiger partial charge >= 0.3 is 0 Å². The van der Waals surface area contributed by atoms with Crippen molar-refractivity contribution in [1.29, 1.82) is 0 Å². The summed E-state index contributed by atoms with van der Waals surface area (Å²) in [6, 6.07) is 6.68. The van der Waals surface area contributed by atoms with Crippen LogP contribution in [0.25, 0.3) is 0 Å². The molecule has 0 heterocycles. The zero-order valence-corrected chi connectivity index (χ0v) is 20.9. The lowest BCUT2D eigenvalue weighted by atomic mass is 10.0. The smallest absolute Gasteiger partial charge is 0.269 e. The maximum absolute atomic E-state index is 10.7. The van der Waals surface area contributed by atoms with E-state index in [1.165, 1.54) is 122 Å². The van der Waals surface area contributed by atoms with Gasteiger partial charge in [0.15, 0.2) is 0 Å². The van der Waals surface area contributed by atoms with Gasteiger partial charge in [-0.25, -0.2) is 0 Å². The van der Waals surface area contributed by atoms with Crippen LogP contribution in [-0.4, -0.2) is 11.5 Å². The Labute approximate surface area is 198 Å². The van der Waals surface area contributed by atoms with E-state index >= 15 is 0 Å². The van der Waals surface area contributed by atoms with Gasteiger partial charge in [0.25, 0.3) is 5.69 Å². The van der Waals surface area contributed by atoms with E-state index in [1.54, 1.807) is 24.3 Å². The van der Waals surface area contributed by atoms with Crippen molar-refractivity contribution >= 4 is 11.4 Å². The number of nitro benzene ring substituents is 1. The predicted octanol–water partition coefficient (Wildman–Crippen LogP) is 9.83. The maximum atomic E-state index is 10.7. The van der Waals surface area contributed by atoms with Crippen LogP contribution in [0.5, 0.6) is 0 Å². The summed E-state index contributed by atoms with van der Waals surface area (Å²) in [6.07, 6.45) is 28.0. The van der Waals surface area contributed by atoms with Gasteiger partial charge in [0.1, 0.15) is 0 Å². The van der Waals surface area contributed by atoms with E-state index < -0.39 is 0 Å². The van der Waals surface area contributed by atoms with Crippen LogP contribution in [0.15, 0.2) is 24.3 Å². The Kier molecular flexibility index (Phi) is 18.9. The standard InChI is InChI=1S/C28H50N2O2/c1-2-3-4-5-6-7-8-9-10-11-12-13-14-15-16-17-18-19-20-21-26-29-27-22-24-28(25-23-27)30(31)32/h22-25,29H,2-21,26H2,1H3. The fourth-order valence-corrected chi connectivity index (χ4v) is 4.31. The first-order valence-electron chi connectivity index (χ1n) is 13.7. The van der Waals surface area contributed by atoms with Crippen LogP contribution in [0.4, 0.5) is 11.4 Å². The fraction of sp³-hybridized carbons (Fsp3) is 0.786. The fourth-order valence-electron chi connectivity index (χ4n) is 4.31. The Balaban J connectivity index is 1.73. The number of nitrogens with zero attached hydrogens (tertiary/aromatic N) is 1. The molecule has 0 aliphatic rings. The summed E-state index contributed by atoms with van der Waals surface area (Å²) in [6.45, 7) is 3.23. The molecule has 1 aromatic rings. The first kappa shape index (κ1) is 28.5. The molecule has 0 unspecified atom stereocenters. The Hall–Kier alpha value is -1.58. The molecule has 4 heteroatoms. The molecule has 0 radical (unpaired) electrons. The summed E-state index contributed by atoms with van der Waals surface area (Å²) in [4.78, 5) is 10.3. The summed E-state index contributed by atoms with van der Waals surface area (Å²) in [5.74, 6) is 0. The van der Waals surface area contributed by atoms with Crippen molar-refractivity contribution in [2.24, 2.45) is 0 Å². The van der Waals surface area contributed by atoms with Crippen LogP contribution < -0.4 is 5.32 Å². The second-order valence-corrected chi connectivity index (χ2v) is 9.45. The van der Waals surface area contributed by atoms with Gasteiger partial charge in [-0.1, -0.05) is 129 Å². The quantitative estimate of drug-likeness (QED) is 0.103. The van der Waals surface area contributed by atoms with Crippen molar-refractivity contribution in [2.45, 2.75) is 135 Å². The molecule has 0 bridgehead atoms. The third-order valence-electron chi connectivity index (χ3n) is 6.44. The topological polar surface area (TPSA) is 55.2 Å². The number of unbranched alkanes of at least 4 members (excludes halogenated alkanes) is 19. The molecule has 32 heavy (non-hydrogen) atoms. The summed E-state index contributed by atoms with van der Waals surface area (Å²) in [5, 5.41) is 14.0. The number of hydrogen-bond acceptors (Lipinski definition) is 3. The summed E-state index contributed by atoms with van der Waals surface area (Å²) in [5.41, 5.74) is 1.11. The highest BCUT2D eigenvalue weighted by molar-refractivity contribution is 5.48. The molecule has 0 amide bonds. The summed E-state index contributed by atoms with van der Waals surface area (Å²) < 4.78 is 0. The highest BCUT2D eigenvalue weighted by atomic mass is 16.6. The zero-order chi connectivity index (χ0) is 23.1. The molecular weight excluding hydrogens is 396 g/mol. The molecule has 0 aromatic heterocycles. The second kappa shape index (κ2) is 21.3. The minimum absolute atomic E-state index is 0.148. The SMILES string of the molecule is CCCCCCCCCCCCCCCCCCCCCCNc1ccc([N+](=O)[O-])cc1. The van der Waals surface area contributed by atoms with E-state index in [-0.39, 0.29) is 10.6 Å². The van der Waals surface area contributed by atoms with Gasteiger partial charge in [0.2, 0.25) is 0 Å². The molecule has 0 fully saturated rings. The van der Waals surface area contributed by atoms with Crippen molar-refractivity contribution in [3.05, 3.63) is 34.4 Å². The molecule has 0 aliphatic heterocycles. The molecule has 4 nitrogen and oxygen atoms in total. The monoisotopic (exact) mass is 446 g/mol. The first-order valence-corrected chi connectivity index (χ1v) is 13.7. The number of nitrogens with one attached hydrogen (secondary N) is 1. The van der Waals surface area contributed by atoms with Crippen LogP contribution >= 0.6 is 0 Å². The molecule has 0 spiro atoms. The largest absolute Gasteiger partial charge is 0.385 e. The number of hydrogen-bond donors (Lipinski definition) is 1. The van der Waals surface area contributed by atoms with Crippen molar-refractivity contribution < 1.29 is 4.92 Å². The van der Waals surface area contributed by atoms with Gasteiger partial charge in [-0.2, -0.15) is 0 Å². The number of non-ortho nitro benzene ring substituents is 1. The predicted molar refractivity (Wildman–Crippen MR) is 140 cm³/mol. The van der Waals surface area contributed by atoms with Gasteiger partial charge < -0.3 is 5.32 Å². The minimum atomic E-state index is -0.359. The Morgan fingerprint density at radius 3 is 1.28 bits per heavy atom. The van der Waals surface area contributed by atoms with Crippen LogP contribution in [0.1, 0.15) is 135 Å². The van der Waals surface area contributed by atoms with Gasteiger partial charge in [0, 0.05) is 24.4 Å². The first-order chi connectivity index (χ1) is 15.7.